The highest BCUT2D eigenvalue weighted by molar-refractivity contribution is 5.92. The zero-order valence-electron chi connectivity index (χ0n) is 11.4. The van der Waals surface area contributed by atoms with Gasteiger partial charge in [-0.3, -0.25) is 4.79 Å². The van der Waals surface area contributed by atoms with E-state index >= 15 is 0 Å². The Morgan fingerprint density at radius 2 is 2.05 bits per heavy atom. The van der Waals surface area contributed by atoms with Crippen LogP contribution in [0, 0.1) is 13.8 Å². The molecule has 0 bridgehead atoms. The molecule has 2 heterocycles. The molecule has 102 valence electrons. The van der Waals surface area contributed by atoms with Gasteiger partial charge in [-0.05, 0) is 38.0 Å². The van der Waals surface area contributed by atoms with Crippen LogP contribution in [0.1, 0.15) is 23.4 Å². The Bertz CT molecular complexity index is 821. The maximum absolute atomic E-state index is 10.8. The summed E-state index contributed by atoms with van der Waals surface area (Å²) in [5, 5.41) is 14.4. The van der Waals surface area contributed by atoms with E-state index in [0.717, 1.165) is 33.5 Å². The number of aliphatic carboxylic acids is 1. The first kappa shape index (κ1) is 12.6. The lowest BCUT2D eigenvalue weighted by atomic mass is 10.1. The van der Waals surface area contributed by atoms with Crippen LogP contribution in [0.15, 0.2) is 24.3 Å². The summed E-state index contributed by atoms with van der Waals surface area (Å²) >= 11 is 0. The van der Waals surface area contributed by atoms with Crippen molar-refractivity contribution in [1.29, 1.82) is 0 Å². The summed E-state index contributed by atoms with van der Waals surface area (Å²) in [6.07, 6.45) is 0.585. The van der Waals surface area contributed by atoms with Crippen molar-refractivity contribution < 1.29 is 9.90 Å². The molecule has 2 aromatic heterocycles. The minimum atomic E-state index is -0.797. The molecule has 20 heavy (non-hydrogen) atoms. The molecule has 1 aromatic carbocycles. The first-order valence-electron chi connectivity index (χ1n) is 6.53. The normalized spacial score (nSPS) is 11.3. The second-order valence-corrected chi connectivity index (χ2v) is 4.91. The third-order valence-corrected chi connectivity index (χ3v) is 3.61. The fraction of sp³-hybridized carbons (Fsp3) is 0.267. The number of nitrogens with zero attached hydrogens (tertiary/aromatic N) is 3. The first-order chi connectivity index (χ1) is 9.58. The average molecular weight is 269 g/mol. The Morgan fingerprint density at radius 3 is 2.80 bits per heavy atom. The van der Waals surface area contributed by atoms with Crippen LogP contribution >= 0.6 is 0 Å². The highest BCUT2D eigenvalue weighted by Crippen LogP contribution is 2.22. The van der Waals surface area contributed by atoms with Crippen molar-refractivity contribution in [3.05, 3.63) is 41.2 Å². The minimum Gasteiger partial charge on any atom is -0.481 e. The van der Waals surface area contributed by atoms with Gasteiger partial charge in [0.15, 0.2) is 5.65 Å². The summed E-state index contributed by atoms with van der Waals surface area (Å²) in [7, 11) is 0. The molecular weight excluding hydrogens is 254 g/mol. The lowest BCUT2D eigenvalue weighted by Gasteiger charge is -2.09. The number of fused-ring (bicyclic) bond motifs is 3. The Labute approximate surface area is 115 Å². The summed E-state index contributed by atoms with van der Waals surface area (Å²) in [6.45, 7) is 3.89. The minimum absolute atomic E-state index is 0.107. The molecule has 0 aliphatic heterocycles. The van der Waals surface area contributed by atoms with Crippen LogP contribution in [0.2, 0.25) is 0 Å². The quantitative estimate of drug-likeness (QED) is 0.793. The summed E-state index contributed by atoms with van der Waals surface area (Å²) < 4.78 is 1.81. The van der Waals surface area contributed by atoms with E-state index in [1.165, 1.54) is 0 Å². The number of carboxylic acid groups (broad SMARTS) is 1. The predicted octanol–water partition coefficient (Wildman–Crippen LogP) is 2.52. The molecule has 0 saturated heterocycles. The highest BCUT2D eigenvalue weighted by atomic mass is 16.4. The zero-order valence-corrected chi connectivity index (χ0v) is 11.4. The van der Waals surface area contributed by atoms with Crippen LogP contribution in [0.5, 0.6) is 0 Å². The number of carboxylic acids is 1. The van der Waals surface area contributed by atoms with Crippen LogP contribution < -0.4 is 0 Å². The molecular formula is C15H15N3O2. The van der Waals surface area contributed by atoms with Crippen molar-refractivity contribution in [3.8, 4) is 0 Å². The van der Waals surface area contributed by atoms with Crippen molar-refractivity contribution in [2.75, 3.05) is 0 Å². The summed E-state index contributed by atoms with van der Waals surface area (Å²) in [6, 6.07) is 7.87. The maximum atomic E-state index is 10.8. The van der Waals surface area contributed by atoms with Crippen LogP contribution in [-0.4, -0.2) is 25.7 Å². The number of rotatable bonds is 3. The van der Waals surface area contributed by atoms with E-state index in [1.807, 2.05) is 42.6 Å². The van der Waals surface area contributed by atoms with E-state index in [4.69, 9.17) is 5.11 Å². The monoisotopic (exact) mass is 269 g/mol. The molecule has 0 amide bonds. The molecule has 0 saturated carbocycles. The second kappa shape index (κ2) is 4.59. The molecule has 0 spiro atoms. The van der Waals surface area contributed by atoms with E-state index in [9.17, 15) is 4.79 Å². The van der Waals surface area contributed by atoms with Crippen LogP contribution in [0.25, 0.3) is 16.6 Å². The van der Waals surface area contributed by atoms with Gasteiger partial charge in [0.2, 0.25) is 0 Å². The van der Waals surface area contributed by atoms with Gasteiger partial charge in [-0.25, -0.2) is 9.50 Å². The van der Waals surface area contributed by atoms with E-state index in [1.54, 1.807) is 0 Å². The predicted molar refractivity (Wildman–Crippen MR) is 75.9 cm³/mol. The van der Waals surface area contributed by atoms with Gasteiger partial charge in [-0.1, -0.05) is 12.1 Å². The molecule has 1 N–H and O–H groups in total. The smallest absolute Gasteiger partial charge is 0.303 e. The van der Waals surface area contributed by atoms with E-state index in [-0.39, 0.29) is 6.42 Å². The molecule has 0 fully saturated rings. The second-order valence-electron chi connectivity index (χ2n) is 4.91. The lowest BCUT2D eigenvalue weighted by Crippen LogP contribution is -2.07. The molecule has 0 radical (unpaired) electrons. The van der Waals surface area contributed by atoms with Gasteiger partial charge in [0.25, 0.3) is 0 Å². The number of aryl methyl sites for hydroxylation is 2. The van der Waals surface area contributed by atoms with Crippen molar-refractivity contribution >= 4 is 22.5 Å². The first-order valence-corrected chi connectivity index (χ1v) is 6.53. The van der Waals surface area contributed by atoms with Crippen molar-refractivity contribution in [2.24, 2.45) is 0 Å². The van der Waals surface area contributed by atoms with Gasteiger partial charge < -0.3 is 5.11 Å². The fourth-order valence-corrected chi connectivity index (χ4v) is 2.57. The third kappa shape index (κ3) is 1.91. The molecule has 0 aliphatic rings. The lowest BCUT2D eigenvalue weighted by molar-refractivity contribution is -0.136. The largest absolute Gasteiger partial charge is 0.481 e. The summed E-state index contributed by atoms with van der Waals surface area (Å²) in [5.41, 5.74) is 4.53. The summed E-state index contributed by atoms with van der Waals surface area (Å²) in [4.78, 5) is 15.4. The Hall–Kier alpha value is -2.43. The van der Waals surface area contributed by atoms with Gasteiger partial charge in [-0.15, -0.1) is 0 Å². The molecule has 5 nitrogen and oxygen atoms in total. The number of benzene rings is 1. The van der Waals surface area contributed by atoms with E-state index < -0.39 is 5.97 Å². The number of aromatic nitrogens is 3. The van der Waals surface area contributed by atoms with Gasteiger partial charge in [0, 0.05) is 23.2 Å². The summed E-state index contributed by atoms with van der Waals surface area (Å²) in [5.74, 6) is -0.797. The van der Waals surface area contributed by atoms with Gasteiger partial charge in [-0.2, -0.15) is 5.10 Å². The van der Waals surface area contributed by atoms with Gasteiger partial charge in [0.1, 0.15) is 0 Å². The third-order valence-electron chi connectivity index (χ3n) is 3.61. The molecule has 0 aliphatic carbocycles. The fourth-order valence-electron chi connectivity index (χ4n) is 2.57. The molecule has 5 heteroatoms. The standard InChI is InChI=1S/C15H15N3O2/c1-9-11(7-8-14(19)20)10(2)18-15(16-9)12-5-3-4-6-13(12)17-18/h3-6H,7-8H2,1-2H3,(H,19,20). The maximum Gasteiger partial charge on any atom is 0.303 e. The Kier molecular flexibility index (Phi) is 2.89. The van der Waals surface area contributed by atoms with E-state index in [0.29, 0.717) is 6.42 Å². The Balaban J connectivity index is 2.24. The number of hydrogen-bond donors (Lipinski definition) is 1. The van der Waals surface area contributed by atoms with Gasteiger partial charge >= 0.3 is 5.97 Å². The molecule has 0 unspecified atom stereocenters. The van der Waals surface area contributed by atoms with E-state index in [2.05, 4.69) is 10.1 Å². The number of carbonyl (C=O) groups is 1. The molecule has 3 rings (SSSR count). The molecule has 0 atom stereocenters. The topological polar surface area (TPSA) is 67.5 Å². The highest BCUT2D eigenvalue weighted by Gasteiger charge is 2.14. The van der Waals surface area contributed by atoms with Crippen molar-refractivity contribution in [2.45, 2.75) is 26.7 Å². The molecule has 3 aromatic rings. The van der Waals surface area contributed by atoms with Crippen LogP contribution in [0.3, 0.4) is 0 Å². The SMILES string of the molecule is Cc1nc2c3ccccc3nn2c(C)c1CCC(=O)O. The number of hydrogen-bond acceptors (Lipinski definition) is 3. The van der Waals surface area contributed by atoms with Crippen LogP contribution in [0.4, 0.5) is 0 Å². The van der Waals surface area contributed by atoms with Gasteiger partial charge in [0.05, 0.1) is 5.52 Å². The van der Waals surface area contributed by atoms with Crippen molar-refractivity contribution in [1.82, 2.24) is 14.6 Å². The zero-order chi connectivity index (χ0) is 14.3. The Morgan fingerprint density at radius 1 is 1.30 bits per heavy atom. The van der Waals surface area contributed by atoms with Crippen LogP contribution in [-0.2, 0) is 11.2 Å². The van der Waals surface area contributed by atoms with Crippen molar-refractivity contribution in [3.63, 3.8) is 0 Å². The average Bonchev–Trinajstić information content (AvgIpc) is 2.77.